The molecule has 0 aliphatic rings. The number of alkyl halides is 3. The maximum atomic E-state index is 13.1. The maximum Gasteiger partial charge on any atom is 0.416 e. The Morgan fingerprint density at radius 1 is 1.24 bits per heavy atom. The van der Waals surface area contributed by atoms with Crippen LogP contribution in [-0.4, -0.2) is 20.5 Å². The Morgan fingerprint density at radius 2 is 2.00 bits per heavy atom. The van der Waals surface area contributed by atoms with Crippen LogP contribution in [0.1, 0.15) is 21.6 Å². The van der Waals surface area contributed by atoms with Gasteiger partial charge in [-0.3, -0.25) is 4.40 Å². The Morgan fingerprint density at radius 3 is 2.68 bits per heavy atom. The predicted molar refractivity (Wildman–Crippen MR) is 80.9 cm³/mol. The molecular formula is C16H11F4N3O2. The van der Waals surface area contributed by atoms with E-state index in [-0.39, 0.29) is 23.5 Å². The van der Waals surface area contributed by atoms with Crippen LogP contribution in [0.2, 0.25) is 0 Å². The minimum absolute atomic E-state index is 0.121. The first-order chi connectivity index (χ1) is 11.8. The highest BCUT2D eigenvalue weighted by atomic mass is 19.4. The molecule has 0 atom stereocenters. The third-order valence-corrected chi connectivity index (χ3v) is 3.61. The quantitative estimate of drug-likeness (QED) is 0.700. The van der Waals surface area contributed by atoms with Gasteiger partial charge in [0.15, 0.2) is 5.69 Å². The van der Waals surface area contributed by atoms with E-state index in [2.05, 4.69) is 10.3 Å². The number of hydrogen-bond acceptors (Lipinski definition) is 3. The van der Waals surface area contributed by atoms with Gasteiger partial charge in [0.25, 0.3) is 0 Å². The standard InChI is InChI=1S/C16H11F4N3O2/c17-10-2-1-9(11(7-10)16(18,19)20)8-22-12-3-4-13-21-5-6-23(13)14(12)15(24)25/h1-7,22H,8H2,(H,24,25). The summed E-state index contributed by atoms with van der Waals surface area (Å²) < 4.78 is 53.5. The van der Waals surface area contributed by atoms with Gasteiger partial charge >= 0.3 is 12.1 Å². The lowest BCUT2D eigenvalue weighted by Gasteiger charge is -2.15. The number of rotatable bonds is 4. The second-order valence-electron chi connectivity index (χ2n) is 5.21. The molecule has 0 aliphatic heterocycles. The third kappa shape index (κ3) is 3.25. The van der Waals surface area contributed by atoms with E-state index in [0.717, 1.165) is 12.1 Å². The number of nitrogens with zero attached hydrogens (tertiary/aromatic N) is 2. The van der Waals surface area contributed by atoms with Crippen LogP contribution in [0.3, 0.4) is 0 Å². The summed E-state index contributed by atoms with van der Waals surface area (Å²) >= 11 is 0. The highest BCUT2D eigenvalue weighted by Gasteiger charge is 2.33. The van der Waals surface area contributed by atoms with Crippen LogP contribution in [0.15, 0.2) is 42.7 Å². The molecule has 25 heavy (non-hydrogen) atoms. The van der Waals surface area contributed by atoms with E-state index in [1.165, 1.54) is 28.9 Å². The van der Waals surface area contributed by atoms with Crippen LogP contribution in [0.4, 0.5) is 23.2 Å². The van der Waals surface area contributed by atoms with Gasteiger partial charge in [-0.2, -0.15) is 13.2 Å². The molecule has 5 nitrogen and oxygen atoms in total. The van der Waals surface area contributed by atoms with E-state index in [1.807, 2.05) is 0 Å². The summed E-state index contributed by atoms with van der Waals surface area (Å²) in [4.78, 5) is 15.5. The van der Waals surface area contributed by atoms with Crippen LogP contribution in [0.25, 0.3) is 5.65 Å². The SMILES string of the molecule is O=C(O)c1c(NCc2ccc(F)cc2C(F)(F)F)ccc2nccn12. The Hall–Kier alpha value is -3.10. The van der Waals surface area contributed by atoms with Crippen molar-refractivity contribution in [2.45, 2.75) is 12.7 Å². The zero-order chi connectivity index (χ0) is 18.2. The van der Waals surface area contributed by atoms with Gasteiger partial charge in [-0.15, -0.1) is 0 Å². The fourth-order valence-electron chi connectivity index (χ4n) is 2.51. The molecule has 130 valence electrons. The van der Waals surface area contributed by atoms with Crippen molar-refractivity contribution in [1.82, 2.24) is 9.38 Å². The molecule has 0 spiro atoms. The largest absolute Gasteiger partial charge is 0.476 e. The summed E-state index contributed by atoms with van der Waals surface area (Å²) in [6, 6.07) is 5.30. The lowest BCUT2D eigenvalue weighted by molar-refractivity contribution is -0.138. The van der Waals surface area contributed by atoms with Gasteiger partial charge in [-0.1, -0.05) is 6.07 Å². The molecular weight excluding hydrogens is 342 g/mol. The van der Waals surface area contributed by atoms with Crippen molar-refractivity contribution in [3.05, 3.63) is 65.4 Å². The fourth-order valence-corrected chi connectivity index (χ4v) is 2.51. The number of imidazole rings is 1. The third-order valence-electron chi connectivity index (χ3n) is 3.61. The summed E-state index contributed by atoms with van der Waals surface area (Å²) in [5.41, 5.74) is -0.960. The van der Waals surface area contributed by atoms with E-state index in [0.29, 0.717) is 11.7 Å². The van der Waals surface area contributed by atoms with Gasteiger partial charge in [-0.05, 0) is 29.8 Å². The zero-order valence-electron chi connectivity index (χ0n) is 12.5. The predicted octanol–water partition coefficient (Wildman–Crippen LogP) is 3.80. The van der Waals surface area contributed by atoms with E-state index in [9.17, 15) is 27.5 Å². The van der Waals surface area contributed by atoms with E-state index >= 15 is 0 Å². The Balaban J connectivity index is 1.96. The molecule has 2 heterocycles. The number of halogens is 4. The number of aromatic nitrogens is 2. The zero-order valence-corrected chi connectivity index (χ0v) is 12.5. The molecule has 3 rings (SSSR count). The summed E-state index contributed by atoms with van der Waals surface area (Å²) in [7, 11) is 0. The molecule has 3 aromatic rings. The summed E-state index contributed by atoms with van der Waals surface area (Å²) in [5.74, 6) is -2.26. The minimum atomic E-state index is -4.72. The molecule has 0 unspecified atom stereocenters. The summed E-state index contributed by atoms with van der Waals surface area (Å²) in [5, 5.41) is 12.1. The number of carbonyl (C=O) groups is 1. The molecule has 0 saturated heterocycles. The average Bonchev–Trinajstić information content (AvgIpc) is 3.00. The minimum Gasteiger partial charge on any atom is -0.476 e. The second-order valence-corrected chi connectivity index (χ2v) is 5.21. The smallest absolute Gasteiger partial charge is 0.416 e. The molecule has 0 aliphatic carbocycles. The van der Waals surface area contributed by atoms with Gasteiger partial charge in [-0.25, -0.2) is 14.2 Å². The van der Waals surface area contributed by atoms with Crippen molar-refractivity contribution in [2.24, 2.45) is 0 Å². The lowest BCUT2D eigenvalue weighted by atomic mass is 10.1. The number of benzene rings is 1. The molecule has 1 aromatic carbocycles. The molecule has 2 N–H and O–H groups in total. The molecule has 0 amide bonds. The van der Waals surface area contributed by atoms with Gasteiger partial charge < -0.3 is 10.4 Å². The van der Waals surface area contributed by atoms with Crippen LogP contribution < -0.4 is 5.32 Å². The first kappa shape index (κ1) is 16.7. The van der Waals surface area contributed by atoms with Crippen molar-refractivity contribution >= 4 is 17.3 Å². The van der Waals surface area contributed by atoms with Gasteiger partial charge in [0.05, 0.1) is 11.3 Å². The van der Waals surface area contributed by atoms with Gasteiger partial charge in [0.1, 0.15) is 11.5 Å². The van der Waals surface area contributed by atoms with Crippen molar-refractivity contribution in [2.75, 3.05) is 5.32 Å². The van der Waals surface area contributed by atoms with Crippen LogP contribution in [0.5, 0.6) is 0 Å². The maximum absolute atomic E-state index is 13.1. The number of carboxylic acids is 1. The van der Waals surface area contributed by atoms with Crippen LogP contribution >= 0.6 is 0 Å². The normalized spacial score (nSPS) is 11.7. The lowest BCUT2D eigenvalue weighted by Crippen LogP contribution is -2.15. The molecule has 2 aromatic heterocycles. The Bertz CT molecular complexity index is 950. The number of pyridine rings is 1. The number of anilines is 1. The first-order valence-corrected chi connectivity index (χ1v) is 7.06. The van der Waals surface area contributed by atoms with Crippen molar-refractivity contribution < 1.29 is 27.5 Å². The van der Waals surface area contributed by atoms with Crippen molar-refractivity contribution in [3.8, 4) is 0 Å². The highest BCUT2D eigenvalue weighted by molar-refractivity contribution is 5.93. The number of nitrogens with one attached hydrogen (secondary N) is 1. The van der Waals surface area contributed by atoms with E-state index in [4.69, 9.17) is 0 Å². The summed E-state index contributed by atoms with van der Waals surface area (Å²) in [6.45, 7) is -0.324. The number of hydrogen-bond donors (Lipinski definition) is 2. The molecule has 0 radical (unpaired) electrons. The molecule has 0 fully saturated rings. The Labute approximate surface area is 138 Å². The molecule has 0 bridgehead atoms. The monoisotopic (exact) mass is 353 g/mol. The van der Waals surface area contributed by atoms with Crippen LogP contribution in [0, 0.1) is 5.82 Å². The van der Waals surface area contributed by atoms with Crippen LogP contribution in [-0.2, 0) is 12.7 Å². The average molecular weight is 353 g/mol. The number of fused-ring (bicyclic) bond motifs is 1. The van der Waals surface area contributed by atoms with E-state index < -0.39 is 23.5 Å². The van der Waals surface area contributed by atoms with Gasteiger partial charge in [0, 0.05) is 18.9 Å². The van der Waals surface area contributed by atoms with Gasteiger partial charge in [0.2, 0.25) is 0 Å². The van der Waals surface area contributed by atoms with Crippen molar-refractivity contribution in [3.63, 3.8) is 0 Å². The summed E-state index contributed by atoms with van der Waals surface area (Å²) in [6.07, 6.45) is -1.88. The first-order valence-electron chi connectivity index (χ1n) is 7.06. The topological polar surface area (TPSA) is 66.6 Å². The highest BCUT2D eigenvalue weighted by Crippen LogP contribution is 2.33. The fraction of sp³-hybridized carbons (Fsp3) is 0.125. The van der Waals surface area contributed by atoms with E-state index in [1.54, 1.807) is 0 Å². The molecule has 0 saturated carbocycles. The Kier molecular flexibility index (Phi) is 4.07. The number of aromatic carboxylic acids is 1. The second kappa shape index (κ2) is 6.08. The molecule has 9 heteroatoms. The van der Waals surface area contributed by atoms with Crippen molar-refractivity contribution in [1.29, 1.82) is 0 Å². The number of carboxylic acid groups (broad SMARTS) is 1.